The Labute approximate surface area is 236 Å². The molecule has 0 bridgehead atoms. The maximum Gasteiger partial charge on any atom is 0.349 e. The van der Waals surface area contributed by atoms with E-state index in [2.05, 4.69) is 0 Å². The molecular weight excluding hydrogens is 546 g/mol. The van der Waals surface area contributed by atoms with Gasteiger partial charge in [-0.05, 0) is 69.4 Å². The second-order valence-electron chi connectivity index (χ2n) is 12.6. The van der Waals surface area contributed by atoms with E-state index in [1.807, 2.05) is 21.6 Å². The first-order chi connectivity index (χ1) is 18.3. The van der Waals surface area contributed by atoms with Gasteiger partial charge >= 0.3 is 11.9 Å². The number of carboxylic acids is 1. The fraction of sp³-hybridized carbons (Fsp3) is 0.759. The van der Waals surface area contributed by atoms with Gasteiger partial charge in [0.05, 0.1) is 5.41 Å². The monoisotopic (exact) mass is 584 g/mol. The number of aliphatic carboxylic acids is 1. The summed E-state index contributed by atoms with van der Waals surface area (Å²) in [6.07, 6.45) is 4.16. The predicted octanol–water partition coefficient (Wildman–Crippen LogP) is 6.55. The Morgan fingerprint density at radius 1 is 1.15 bits per heavy atom. The van der Waals surface area contributed by atoms with Crippen LogP contribution in [0.5, 0.6) is 0 Å². The number of carbonyl (C=O) groups excluding carboxylic acids is 2. The molecular formula is C29H38F2O6S2. The summed E-state index contributed by atoms with van der Waals surface area (Å²) in [7, 11) is 3.75. The molecule has 0 spiro atoms. The number of alkyl halides is 2. The zero-order valence-corrected chi connectivity index (χ0v) is 24.3. The predicted molar refractivity (Wildman–Crippen MR) is 147 cm³/mol. The van der Waals surface area contributed by atoms with E-state index >= 15 is 8.78 Å². The molecule has 2 N–H and O–H groups in total. The van der Waals surface area contributed by atoms with Crippen LogP contribution in [-0.4, -0.2) is 56.4 Å². The third kappa shape index (κ3) is 4.12. The third-order valence-electron chi connectivity index (χ3n) is 10.8. The smallest absolute Gasteiger partial charge is 0.349 e. The van der Waals surface area contributed by atoms with Crippen LogP contribution < -0.4 is 0 Å². The van der Waals surface area contributed by atoms with Crippen molar-refractivity contribution in [3.05, 3.63) is 23.5 Å². The molecule has 1 heterocycles. The van der Waals surface area contributed by atoms with E-state index in [-0.39, 0.29) is 37.7 Å². The van der Waals surface area contributed by atoms with Gasteiger partial charge in [0.25, 0.3) is 0 Å². The lowest BCUT2D eigenvalue weighted by Gasteiger charge is -2.61. The van der Waals surface area contributed by atoms with Gasteiger partial charge in [-0.15, -0.1) is 0 Å². The number of hydrogen-bond acceptors (Lipinski definition) is 7. The molecule has 5 aliphatic rings. The Hall–Kier alpha value is -1.55. The summed E-state index contributed by atoms with van der Waals surface area (Å²) in [5.74, 6) is -3.83. The van der Waals surface area contributed by atoms with Gasteiger partial charge in [0.15, 0.2) is 5.78 Å². The number of aliphatic hydroxyl groups excluding tert-OH is 1. The molecule has 6 nitrogen and oxygen atoms in total. The number of hydrogen-bond donors (Lipinski definition) is 2. The molecule has 216 valence electrons. The van der Waals surface area contributed by atoms with Crippen LogP contribution >= 0.6 is 21.6 Å². The molecule has 1 aliphatic heterocycles. The van der Waals surface area contributed by atoms with E-state index < -0.39 is 69.5 Å². The fourth-order valence-electron chi connectivity index (χ4n) is 8.67. The van der Waals surface area contributed by atoms with Gasteiger partial charge in [-0.3, -0.25) is 9.59 Å². The van der Waals surface area contributed by atoms with E-state index in [0.29, 0.717) is 11.7 Å². The average Bonchev–Trinajstić information content (AvgIpc) is 3.46. The number of aliphatic hydroxyl groups is 1. The highest BCUT2D eigenvalue weighted by Gasteiger charge is 2.77. The summed E-state index contributed by atoms with van der Waals surface area (Å²) < 4.78 is 38.9. The maximum absolute atomic E-state index is 17.3. The van der Waals surface area contributed by atoms with Gasteiger partial charge in [-0.2, -0.15) is 0 Å². The molecule has 10 heteroatoms. The summed E-state index contributed by atoms with van der Waals surface area (Å²) in [6.45, 7) is 4.92. The molecule has 4 aliphatic carbocycles. The summed E-state index contributed by atoms with van der Waals surface area (Å²) >= 11 is 0. The van der Waals surface area contributed by atoms with E-state index in [1.165, 1.54) is 6.92 Å². The van der Waals surface area contributed by atoms with Gasteiger partial charge in [-0.25, -0.2) is 13.6 Å². The minimum absolute atomic E-state index is 0.0496. The van der Waals surface area contributed by atoms with Crippen LogP contribution in [0.2, 0.25) is 0 Å². The number of unbranched alkanes of at least 4 members (excludes halogenated alkanes) is 1. The lowest BCUT2D eigenvalue weighted by atomic mass is 9.45. The molecule has 39 heavy (non-hydrogen) atoms. The summed E-state index contributed by atoms with van der Waals surface area (Å²) in [5, 5.41) is 22.0. The Morgan fingerprint density at radius 3 is 2.56 bits per heavy atom. The van der Waals surface area contributed by atoms with Crippen molar-refractivity contribution in [2.75, 3.05) is 5.75 Å². The highest BCUT2D eigenvalue weighted by molar-refractivity contribution is 8.77. The molecule has 5 rings (SSSR count). The van der Waals surface area contributed by atoms with Crippen molar-refractivity contribution in [2.45, 2.75) is 101 Å². The van der Waals surface area contributed by atoms with Crippen molar-refractivity contribution in [1.29, 1.82) is 0 Å². The molecule has 3 saturated carbocycles. The molecule has 0 aromatic rings. The minimum atomic E-state index is -2.08. The maximum atomic E-state index is 17.3. The van der Waals surface area contributed by atoms with Gasteiger partial charge in [0, 0.05) is 40.8 Å². The van der Waals surface area contributed by atoms with Crippen LogP contribution in [0, 0.1) is 28.6 Å². The number of ketones is 1. The SMILES string of the molecule is CC1CC2C3CC(F)C4=CC(=O)C=C(O)C4(C)C3(F)CCC2(C)C1(OC(=O)CCCC[C@@H]1CCSS1)C(=O)O. The number of carboxylic acid groups (broad SMARTS) is 1. The zero-order chi connectivity index (χ0) is 28.4. The number of halogens is 2. The summed E-state index contributed by atoms with van der Waals surface area (Å²) in [5.41, 5.74) is -6.81. The van der Waals surface area contributed by atoms with Crippen molar-refractivity contribution < 1.29 is 38.1 Å². The van der Waals surface area contributed by atoms with E-state index in [0.717, 1.165) is 37.2 Å². The number of fused-ring (bicyclic) bond motifs is 5. The first kappa shape index (κ1) is 29.0. The molecule has 8 unspecified atom stereocenters. The summed E-state index contributed by atoms with van der Waals surface area (Å²) in [4.78, 5) is 38.1. The first-order valence-corrected chi connectivity index (χ1v) is 16.4. The van der Waals surface area contributed by atoms with Crippen molar-refractivity contribution in [1.82, 2.24) is 0 Å². The van der Waals surface area contributed by atoms with Crippen molar-refractivity contribution in [3.8, 4) is 0 Å². The van der Waals surface area contributed by atoms with Crippen molar-refractivity contribution in [2.24, 2.45) is 28.6 Å². The minimum Gasteiger partial charge on any atom is -0.511 e. The summed E-state index contributed by atoms with van der Waals surface area (Å²) in [6, 6.07) is 0. The van der Waals surface area contributed by atoms with Gasteiger partial charge in [0.2, 0.25) is 5.60 Å². The van der Waals surface area contributed by atoms with Gasteiger partial charge in [0.1, 0.15) is 17.6 Å². The quantitative estimate of drug-likeness (QED) is 0.198. The molecule has 0 amide bonds. The second kappa shape index (κ2) is 10.1. The van der Waals surface area contributed by atoms with Crippen LogP contribution in [-0.2, 0) is 19.1 Å². The van der Waals surface area contributed by atoms with E-state index in [1.54, 1.807) is 13.8 Å². The Kier molecular flexibility index (Phi) is 7.48. The molecule has 0 radical (unpaired) electrons. The van der Waals surface area contributed by atoms with Crippen molar-refractivity contribution in [3.63, 3.8) is 0 Å². The van der Waals surface area contributed by atoms with Crippen LogP contribution in [0.15, 0.2) is 23.5 Å². The van der Waals surface area contributed by atoms with Crippen LogP contribution in [0.3, 0.4) is 0 Å². The highest BCUT2D eigenvalue weighted by Crippen LogP contribution is 2.72. The van der Waals surface area contributed by atoms with Gasteiger partial charge in [-0.1, -0.05) is 41.9 Å². The number of esters is 1. The molecule has 0 aromatic heterocycles. The topological polar surface area (TPSA) is 101 Å². The Bertz CT molecular complexity index is 1120. The number of carbonyl (C=O) groups is 3. The van der Waals surface area contributed by atoms with Crippen LogP contribution in [0.25, 0.3) is 0 Å². The van der Waals surface area contributed by atoms with Crippen molar-refractivity contribution >= 4 is 39.3 Å². The molecule has 1 saturated heterocycles. The standard InChI is InChI=1S/C29H38F2O6S2/c1-16-12-19-20-15-22(30)21-13-17(32)14-23(33)27(21,3)28(20,31)10-9-26(19,2)29(16,25(35)36)37-24(34)7-5-4-6-18-8-11-38-39-18/h13-14,16,18-20,22,33H,4-12,15H2,1-3H3,(H,35,36)/t16?,18-,19?,20?,22?,26?,27?,28?,29?/m1/s1. The molecule has 4 fully saturated rings. The number of ether oxygens (including phenoxy) is 1. The Morgan fingerprint density at radius 2 is 1.90 bits per heavy atom. The average molecular weight is 585 g/mol. The molecule has 9 atom stereocenters. The Balaban J connectivity index is 1.40. The lowest BCUT2D eigenvalue weighted by Crippen LogP contribution is -2.66. The number of rotatable bonds is 7. The number of allylic oxidation sites excluding steroid dienone is 3. The lowest BCUT2D eigenvalue weighted by molar-refractivity contribution is -0.216. The fourth-order valence-corrected chi connectivity index (χ4v) is 11.7. The van der Waals surface area contributed by atoms with Crippen LogP contribution in [0.4, 0.5) is 8.78 Å². The van der Waals surface area contributed by atoms with E-state index in [4.69, 9.17) is 4.74 Å². The van der Waals surface area contributed by atoms with E-state index in [9.17, 15) is 24.6 Å². The molecule has 0 aromatic carbocycles. The largest absolute Gasteiger partial charge is 0.511 e. The second-order valence-corrected chi connectivity index (χ2v) is 15.4. The third-order valence-corrected chi connectivity index (χ3v) is 13.8. The zero-order valence-electron chi connectivity index (χ0n) is 22.7. The van der Waals surface area contributed by atoms with Crippen LogP contribution in [0.1, 0.15) is 78.6 Å². The first-order valence-electron chi connectivity index (χ1n) is 14.0. The van der Waals surface area contributed by atoms with Gasteiger partial charge < -0.3 is 14.9 Å². The normalized spacial score (nSPS) is 45.1. The highest BCUT2D eigenvalue weighted by atomic mass is 33.1.